The fraction of sp³-hybridized carbons (Fsp3) is 0.667. The Bertz CT molecular complexity index is 532. The molecule has 106 valence electrons. The quantitative estimate of drug-likeness (QED) is 0.866. The largest absolute Gasteiger partial charge is 0.370 e. The van der Waals surface area contributed by atoms with Crippen molar-refractivity contribution in [1.29, 1.82) is 0 Å². The molecule has 1 atom stereocenters. The normalized spacial score (nSPS) is 21.3. The van der Waals surface area contributed by atoms with Crippen LogP contribution in [0.4, 0.5) is 11.6 Å². The Labute approximate surface area is 114 Å². The minimum atomic E-state index is -2.87. The lowest BCUT2D eigenvalue weighted by atomic mass is 10.2. The highest BCUT2D eigenvalue weighted by atomic mass is 32.2. The number of rotatable bonds is 5. The summed E-state index contributed by atoms with van der Waals surface area (Å²) in [5.74, 6) is 2.02. The summed E-state index contributed by atoms with van der Waals surface area (Å²) in [4.78, 5) is 10.3. The molecular formula is C12H20N4O2S. The molecule has 1 N–H and O–H groups in total. The Morgan fingerprint density at radius 1 is 1.47 bits per heavy atom. The highest BCUT2D eigenvalue weighted by Crippen LogP contribution is 2.22. The van der Waals surface area contributed by atoms with Crippen molar-refractivity contribution in [2.24, 2.45) is 0 Å². The molecule has 0 saturated carbocycles. The topological polar surface area (TPSA) is 75.2 Å². The molecule has 2 heterocycles. The van der Waals surface area contributed by atoms with E-state index in [1.807, 2.05) is 18.0 Å². The maximum absolute atomic E-state index is 11.5. The van der Waals surface area contributed by atoms with Crippen LogP contribution in [0.2, 0.25) is 0 Å². The van der Waals surface area contributed by atoms with Crippen LogP contribution in [0.25, 0.3) is 0 Å². The van der Waals surface area contributed by atoms with Gasteiger partial charge < -0.3 is 10.2 Å². The molecule has 0 radical (unpaired) electrons. The van der Waals surface area contributed by atoms with Crippen molar-refractivity contribution >= 4 is 21.5 Å². The second-order valence-electron chi connectivity index (χ2n) is 4.86. The Morgan fingerprint density at radius 3 is 2.89 bits per heavy atom. The van der Waals surface area contributed by atoms with Crippen LogP contribution in [0.1, 0.15) is 19.8 Å². The number of anilines is 2. The molecule has 0 spiro atoms. The Morgan fingerprint density at radius 2 is 2.26 bits per heavy atom. The van der Waals surface area contributed by atoms with E-state index in [2.05, 4.69) is 22.2 Å². The zero-order chi connectivity index (χ0) is 13.9. The van der Waals surface area contributed by atoms with Gasteiger partial charge in [0.25, 0.3) is 0 Å². The zero-order valence-electron chi connectivity index (χ0n) is 11.3. The standard InChI is InChI=1S/C12H20N4O2S/c1-3-5-13-11-7-12(15-9-14-11)16(2)10-4-6-19(17,18)8-10/h7,9-10H,3-6,8H2,1-2H3,(H,13,14,15). The smallest absolute Gasteiger partial charge is 0.152 e. The van der Waals surface area contributed by atoms with Crippen LogP contribution >= 0.6 is 0 Å². The molecule has 19 heavy (non-hydrogen) atoms. The molecule has 1 aliphatic heterocycles. The van der Waals surface area contributed by atoms with Crippen LogP contribution in [0.5, 0.6) is 0 Å². The minimum Gasteiger partial charge on any atom is -0.370 e. The SMILES string of the molecule is CCCNc1cc(N(C)C2CCS(=O)(=O)C2)ncn1. The maximum Gasteiger partial charge on any atom is 0.152 e. The Balaban J connectivity index is 2.08. The van der Waals surface area contributed by atoms with E-state index in [-0.39, 0.29) is 17.5 Å². The van der Waals surface area contributed by atoms with Gasteiger partial charge in [-0.15, -0.1) is 0 Å². The van der Waals surface area contributed by atoms with Gasteiger partial charge in [-0.3, -0.25) is 0 Å². The first-order valence-corrected chi connectivity index (χ1v) is 8.33. The predicted molar refractivity (Wildman–Crippen MR) is 76.3 cm³/mol. The third-order valence-electron chi connectivity index (χ3n) is 3.33. The van der Waals surface area contributed by atoms with Gasteiger partial charge in [0, 0.05) is 25.7 Å². The molecule has 1 aromatic rings. The van der Waals surface area contributed by atoms with E-state index in [4.69, 9.17) is 0 Å². The zero-order valence-corrected chi connectivity index (χ0v) is 12.2. The molecule has 1 unspecified atom stereocenters. The highest BCUT2D eigenvalue weighted by Gasteiger charge is 2.31. The number of sulfone groups is 1. The molecule has 1 aliphatic rings. The molecule has 0 amide bonds. The lowest BCUT2D eigenvalue weighted by molar-refractivity contribution is 0.600. The summed E-state index contributed by atoms with van der Waals surface area (Å²) in [6.07, 6.45) is 3.20. The van der Waals surface area contributed by atoms with Gasteiger partial charge in [0.15, 0.2) is 9.84 Å². The first-order valence-electron chi connectivity index (χ1n) is 6.51. The van der Waals surface area contributed by atoms with Gasteiger partial charge in [-0.1, -0.05) is 6.92 Å². The van der Waals surface area contributed by atoms with E-state index < -0.39 is 9.84 Å². The van der Waals surface area contributed by atoms with Crippen molar-refractivity contribution < 1.29 is 8.42 Å². The fourth-order valence-corrected chi connectivity index (χ4v) is 3.93. The second-order valence-corrected chi connectivity index (χ2v) is 7.08. The van der Waals surface area contributed by atoms with Gasteiger partial charge in [-0.25, -0.2) is 18.4 Å². The summed E-state index contributed by atoms with van der Waals surface area (Å²) in [6.45, 7) is 2.95. The molecular weight excluding hydrogens is 264 g/mol. The van der Waals surface area contributed by atoms with Crippen molar-refractivity contribution in [3.8, 4) is 0 Å². The maximum atomic E-state index is 11.5. The number of hydrogen-bond acceptors (Lipinski definition) is 6. The first kappa shape index (κ1) is 14.0. The minimum absolute atomic E-state index is 0.0129. The molecule has 6 nitrogen and oxygen atoms in total. The van der Waals surface area contributed by atoms with Crippen LogP contribution in [-0.2, 0) is 9.84 Å². The van der Waals surface area contributed by atoms with Gasteiger partial charge >= 0.3 is 0 Å². The van der Waals surface area contributed by atoms with E-state index in [1.165, 1.54) is 6.33 Å². The van der Waals surface area contributed by atoms with Crippen LogP contribution < -0.4 is 10.2 Å². The van der Waals surface area contributed by atoms with Crippen molar-refractivity contribution in [1.82, 2.24) is 9.97 Å². The van der Waals surface area contributed by atoms with Crippen molar-refractivity contribution in [3.05, 3.63) is 12.4 Å². The Hall–Kier alpha value is -1.37. The highest BCUT2D eigenvalue weighted by molar-refractivity contribution is 7.91. The average molecular weight is 284 g/mol. The third kappa shape index (κ3) is 3.56. The summed E-state index contributed by atoms with van der Waals surface area (Å²) in [7, 11) is -0.987. The summed E-state index contributed by atoms with van der Waals surface area (Å²) in [5, 5.41) is 3.20. The Kier molecular flexibility index (Phi) is 4.24. The first-order chi connectivity index (χ1) is 9.02. The van der Waals surface area contributed by atoms with Crippen molar-refractivity contribution in [2.75, 3.05) is 35.3 Å². The fourth-order valence-electron chi connectivity index (χ4n) is 2.16. The summed E-state index contributed by atoms with van der Waals surface area (Å²) >= 11 is 0. The number of nitrogens with one attached hydrogen (secondary N) is 1. The van der Waals surface area contributed by atoms with Gasteiger partial charge in [0.1, 0.15) is 18.0 Å². The average Bonchev–Trinajstić information content (AvgIpc) is 2.76. The van der Waals surface area contributed by atoms with Crippen LogP contribution in [0.3, 0.4) is 0 Å². The molecule has 0 aliphatic carbocycles. The predicted octanol–water partition coefficient (Wildman–Crippen LogP) is 0.922. The van der Waals surface area contributed by atoms with Gasteiger partial charge in [0.05, 0.1) is 11.5 Å². The molecule has 1 fully saturated rings. The molecule has 2 rings (SSSR count). The lowest BCUT2D eigenvalue weighted by Gasteiger charge is -2.24. The number of hydrogen-bond donors (Lipinski definition) is 1. The van der Waals surface area contributed by atoms with Crippen LogP contribution in [0.15, 0.2) is 12.4 Å². The molecule has 7 heteroatoms. The van der Waals surface area contributed by atoms with E-state index in [9.17, 15) is 8.42 Å². The summed E-state index contributed by atoms with van der Waals surface area (Å²) < 4.78 is 23.0. The van der Waals surface area contributed by atoms with E-state index in [0.29, 0.717) is 6.42 Å². The molecule has 0 aromatic carbocycles. The molecule has 1 aromatic heterocycles. The summed E-state index contributed by atoms with van der Waals surface area (Å²) in [5.41, 5.74) is 0. The van der Waals surface area contributed by atoms with Gasteiger partial charge in [0.2, 0.25) is 0 Å². The van der Waals surface area contributed by atoms with Gasteiger partial charge in [-0.2, -0.15) is 0 Å². The van der Waals surface area contributed by atoms with Crippen molar-refractivity contribution in [2.45, 2.75) is 25.8 Å². The van der Waals surface area contributed by atoms with E-state index in [0.717, 1.165) is 24.6 Å². The molecule has 0 bridgehead atoms. The van der Waals surface area contributed by atoms with Gasteiger partial charge in [-0.05, 0) is 12.8 Å². The van der Waals surface area contributed by atoms with Crippen LogP contribution in [0, 0.1) is 0 Å². The number of nitrogens with zero attached hydrogens (tertiary/aromatic N) is 3. The van der Waals surface area contributed by atoms with E-state index >= 15 is 0 Å². The van der Waals surface area contributed by atoms with E-state index in [1.54, 1.807) is 0 Å². The number of aromatic nitrogens is 2. The summed E-state index contributed by atoms with van der Waals surface area (Å²) in [6, 6.07) is 1.87. The van der Waals surface area contributed by atoms with Crippen LogP contribution in [-0.4, -0.2) is 49.5 Å². The monoisotopic (exact) mass is 284 g/mol. The lowest BCUT2D eigenvalue weighted by Crippen LogP contribution is -2.33. The molecule has 1 saturated heterocycles. The third-order valence-corrected chi connectivity index (χ3v) is 5.08. The van der Waals surface area contributed by atoms with Crippen molar-refractivity contribution in [3.63, 3.8) is 0 Å². The second kappa shape index (κ2) is 5.73.